The largest absolute Gasteiger partial charge is 0.493 e. The number of rotatable bonds is 5. The fraction of sp³-hybridized carbons (Fsp3) is 0.542. The van der Waals surface area contributed by atoms with E-state index in [-0.39, 0.29) is 17.8 Å². The molecule has 0 aromatic heterocycles. The number of hydrogen-bond acceptors (Lipinski definition) is 9. The summed E-state index contributed by atoms with van der Waals surface area (Å²) < 4.78 is 22.6. The van der Waals surface area contributed by atoms with Crippen LogP contribution < -0.4 is 9.47 Å². The van der Waals surface area contributed by atoms with Gasteiger partial charge >= 0.3 is 0 Å². The zero-order valence-corrected chi connectivity index (χ0v) is 19.0. The van der Waals surface area contributed by atoms with Crippen molar-refractivity contribution in [2.24, 2.45) is 0 Å². The van der Waals surface area contributed by atoms with Gasteiger partial charge in [0.2, 0.25) is 12.2 Å². The number of methoxy groups -OCH3 is 2. The van der Waals surface area contributed by atoms with Gasteiger partial charge in [-0.1, -0.05) is 12.2 Å². The molecule has 5 rings (SSSR count). The van der Waals surface area contributed by atoms with Crippen molar-refractivity contribution in [3.8, 4) is 11.5 Å². The van der Waals surface area contributed by atoms with Gasteiger partial charge in [-0.05, 0) is 35.3 Å². The second-order valence-corrected chi connectivity index (χ2v) is 9.01. The summed E-state index contributed by atoms with van der Waals surface area (Å²) in [4.78, 5) is 14.7. The molecule has 3 aliphatic heterocycles. The maximum absolute atomic E-state index is 12.8. The van der Waals surface area contributed by atoms with Crippen LogP contribution >= 0.6 is 0 Å². The van der Waals surface area contributed by atoms with E-state index in [1.54, 1.807) is 19.3 Å². The third-order valence-corrected chi connectivity index (χ3v) is 7.30. The van der Waals surface area contributed by atoms with Gasteiger partial charge in [-0.2, -0.15) is 0 Å². The highest BCUT2D eigenvalue weighted by Gasteiger charge is 2.53. The van der Waals surface area contributed by atoms with E-state index in [0.29, 0.717) is 25.1 Å². The molecule has 4 aliphatic rings. The molecular weight excluding hydrogens is 446 g/mol. The monoisotopic (exact) mass is 475 g/mol. The molecule has 34 heavy (non-hydrogen) atoms. The molecule has 4 N–H and O–H groups in total. The zero-order valence-electron chi connectivity index (χ0n) is 19.0. The van der Waals surface area contributed by atoms with E-state index in [1.165, 1.54) is 7.11 Å². The minimum Gasteiger partial charge on any atom is -0.493 e. The minimum absolute atomic E-state index is 0.0392. The van der Waals surface area contributed by atoms with Crippen molar-refractivity contribution in [2.75, 3.05) is 27.4 Å². The smallest absolute Gasteiger partial charge is 0.247 e. The van der Waals surface area contributed by atoms with E-state index >= 15 is 0 Å². The SMILES string of the molecule is COc1cc2c(cc1O[C@@H]1O[C@H](CO)[C@@H](O)[C@H](O)[C@H]1O)CCN1C(=O)C=C3C=C[C@H](OC)C[C@]321. The molecule has 1 spiro atoms. The summed E-state index contributed by atoms with van der Waals surface area (Å²) in [5, 5.41) is 40.0. The average molecular weight is 475 g/mol. The molecule has 1 aromatic rings. The third kappa shape index (κ3) is 3.36. The van der Waals surface area contributed by atoms with Crippen molar-refractivity contribution in [3.05, 3.63) is 47.1 Å². The molecule has 10 heteroatoms. The molecule has 1 aliphatic carbocycles. The number of aliphatic hydroxyl groups is 4. The third-order valence-electron chi connectivity index (χ3n) is 7.30. The number of ether oxygens (including phenoxy) is 4. The second-order valence-electron chi connectivity index (χ2n) is 9.01. The van der Waals surface area contributed by atoms with Crippen LogP contribution in [0.25, 0.3) is 0 Å². The van der Waals surface area contributed by atoms with Crippen molar-refractivity contribution in [1.82, 2.24) is 4.90 Å². The lowest BCUT2D eigenvalue weighted by atomic mass is 9.71. The van der Waals surface area contributed by atoms with Crippen LogP contribution in [0.4, 0.5) is 0 Å². The van der Waals surface area contributed by atoms with Gasteiger partial charge < -0.3 is 44.3 Å². The number of amides is 1. The molecule has 0 unspecified atom stereocenters. The second kappa shape index (κ2) is 8.63. The Hall–Kier alpha value is -2.47. The van der Waals surface area contributed by atoms with E-state index in [4.69, 9.17) is 18.9 Å². The molecule has 3 heterocycles. The standard InChI is InChI=1S/C24H29NO9/c1-31-14-4-3-13-8-19(27)25-6-5-12-7-17(16(32-2)9-15(12)24(13,25)10-14)33-23-22(30)21(29)20(28)18(11-26)34-23/h3-4,7-9,14,18,20-23,26,28-30H,5-6,10-11H2,1-2H3/t14-,18+,20+,21-,22+,23+,24-/m0/s1. The Morgan fingerprint density at radius 3 is 2.65 bits per heavy atom. The van der Waals surface area contributed by atoms with Crippen LogP contribution in [0.2, 0.25) is 0 Å². The lowest BCUT2D eigenvalue weighted by Crippen LogP contribution is -2.60. The first-order valence-electron chi connectivity index (χ1n) is 11.3. The maximum atomic E-state index is 12.8. The van der Waals surface area contributed by atoms with E-state index in [1.807, 2.05) is 23.1 Å². The van der Waals surface area contributed by atoms with E-state index in [2.05, 4.69) is 0 Å². The molecule has 0 bridgehead atoms. The van der Waals surface area contributed by atoms with Gasteiger partial charge in [-0.3, -0.25) is 4.79 Å². The van der Waals surface area contributed by atoms with Crippen molar-refractivity contribution in [3.63, 3.8) is 0 Å². The first kappa shape index (κ1) is 23.3. The Labute approximate surface area is 196 Å². The van der Waals surface area contributed by atoms with Crippen LogP contribution in [0.3, 0.4) is 0 Å². The predicted molar refractivity (Wildman–Crippen MR) is 117 cm³/mol. The average Bonchev–Trinajstić information content (AvgIpc) is 3.15. The molecule has 7 atom stereocenters. The van der Waals surface area contributed by atoms with E-state index in [0.717, 1.165) is 16.7 Å². The van der Waals surface area contributed by atoms with Gasteiger partial charge in [-0.25, -0.2) is 0 Å². The Bertz CT molecular complexity index is 1040. The summed E-state index contributed by atoms with van der Waals surface area (Å²) in [5.41, 5.74) is 2.09. The molecule has 1 aromatic carbocycles. The summed E-state index contributed by atoms with van der Waals surface area (Å²) in [5.74, 6) is 0.594. The molecule has 1 fully saturated rings. The van der Waals surface area contributed by atoms with Gasteiger partial charge in [0, 0.05) is 26.2 Å². The van der Waals surface area contributed by atoms with Gasteiger partial charge in [0.05, 0.1) is 25.4 Å². The fourth-order valence-corrected chi connectivity index (χ4v) is 5.50. The molecule has 0 saturated carbocycles. The molecule has 0 radical (unpaired) electrons. The van der Waals surface area contributed by atoms with Crippen molar-refractivity contribution < 1.29 is 44.2 Å². The molecule has 184 valence electrons. The van der Waals surface area contributed by atoms with Gasteiger partial charge in [0.15, 0.2) is 11.5 Å². The number of aliphatic hydroxyl groups excluding tert-OH is 4. The van der Waals surface area contributed by atoms with Crippen LogP contribution in [-0.2, 0) is 26.2 Å². The number of hydrogen-bond donors (Lipinski definition) is 4. The highest BCUT2D eigenvalue weighted by atomic mass is 16.7. The highest BCUT2D eigenvalue weighted by molar-refractivity contribution is 5.95. The van der Waals surface area contributed by atoms with Crippen molar-refractivity contribution in [1.29, 1.82) is 0 Å². The summed E-state index contributed by atoms with van der Waals surface area (Å²) in [6.45, 7) is -0.0380. The number of carbonyl (C=O) groups excluding carboxylic acids is 1. The minimum atomic E-state index is -1.55. The lowest BCUT2D eigenvalue weighted by Gasteiger charge is -2.48. The van der Waals surface area contributed by atoms with Crippen LogP contribution in [-0.4, -0.2) is 95.4 Å². The first-order chi connectivity index (χ1) is 16.3. The van der Waals surface area contributed by atoms with E-state index in [9.17, 15) is 25.2 Å². The Morgan fingerprint density at radius 2 is 1.94 bits per heavy atom. The summed E-state index contributed by atoms with van der Waals surface area (Å²) in [7, 11) is 3.12. The Balaban J connectivity index is 1.53. The van der Waals surface area contributed by atoms with Crippen LogP contribution in [0.5, 0.6) is 11.5 Å². The topological polar surface area (TPSA) is 138 Å². The lowest BCUT2D eigenvalue weighted by molar-refractivity contribution is -0.277. The normalized spacial score (nSPS) is 36.5. The number of benzene rings is 1. The Kier molecular flexibility index (Phi) is 5.91. The van der Waals surface area contributed by atoms with Crippen LogP contribution in [0, 0.1) is 0 Å². The van der Waals surface area contributed by atoms with Crippen molar-refractivity contribution in [2.45, 2.75) is 55.2 Å². The number of carbonyl (C=O) groups is 1. The zero-order chi connectivity index (χ0) is 24.2. The molecular formula is C24H29NO9. The quantitative estimate of drug-likeness (QED) is 0.438. The Morgan fingerprint density at radius 1 is 1.15 bits per heavy atom. The van der Waals surface area contributed by atoms with Gasteiger partial charge in [0.25, 0.3) is 0 Å². The van der Waals surface area contributed by atoms with Crippen LogP contribution in [0.1, 0.15) is 17.5 Å². The van der Waals surface area contributed by atoms with Crippen molar-refractivity contribution >= 4 is 5.91 Å². The first-order valence-corrected chi connectivity index (χ1v) is 11.3. The highest BCUT2D eigenvalue weighted by Crippen LogP contribution is 2.53. The number of nitrogens with zero attached hydrogens (tertiary/aromatic N) is 1. The van der Waals surface area contributed by atoms with Gasteiger partial charge in [-0.15, -0.1) is 0 Å². The van der Waals surface area contributed by atoms with Gasteiger partial charge in [0.1, 0.15) is 24.4 Å². The molecule has 1 amide bonds. The fourth-order valence-electron chi connectivity index (χ4n) is 5.50. The molecule has 10 nitrogen and oxygen atoms in total. The maximum Gasteiger partial charge on any atom is 0.247 e. The predicted octanol–water partition coefficient (Wildman–Crippen LogP) is -0.631. The summed E-state index contributed by atoms with van der Waals surface area (Å²) >= 11 is 0. The van der Waals surface area contributed by atoms with Crippen LogP contribution in [0.15, 0.2) is 35.9 Å². The number of fused-ring (bicyclic) bond motifs is 1. The summed E-state index contributed by atoms with van der Waals surface area (Å²) in [6.07, 6.45) is -0.434. The molecule has 1 saturated heterocycles. The summed E-state index contributed by atoms with van der Waals surface area (Å²) in [6, 6.07) is 3.63. The van der Waals surface area contributed by atoms with E-state index < -0.39 is 42.9 Å².